The van der Waals surface area contributed by atoms with Gasteiger partial charge in [0.15, 0.2) is 0 Å². The van der Waals surface area contributed by atoms with Gasteiger partial charge >= 0.3 is 0 Å². The van der Waals surface area contributed by atoms with Crippen molar-refractivity contribution in [2.45, 2.75) is 71.8 Å². The van der Waals surface area contributed by atoms with E-state index in [-0.39, 0.29) is 11.5 Å². The fraction of sp³-hybridized carbons (Fsp3) is 1.00. The standard InChI is InChI=1S/C13H26O/c1-13(2,3)12(14)10-6-9-11-7-4-5-8-11/h11-12,14H,4-10H2,1-3H3. The second-order valence-corrected chi connectivity index (χ2v) is 5.96. The third kappa shape index (κ3) is 4.00. The van der Waals surface area contributed by atoms with E-state index < -0.39 is 0 Å². The summed E-state index contributed by atoms with van der Waals surface area (Å²) in [4.78, 5) is 0. The van der Waals surface area contributed by atoms with E-state index in [9.17, 15) is 5.11 Å². The van der Waals surface area contributed by atoms with Gasteiger partial charge in [-0.1, -0.05) is 59.3 Å². The van der Waals surface area contributed by atoms with Crippen molar-refractivity contribution in [2.75, 3.05) is 0 Å². The molecule has 1 aliphatic carbocycles. The van der Waals surface area contributed by atoms with Crippen LogP contribution in [0.4, 0.5) is 0 Å². The van der Waals surface area contributed by atoms with Crippen molar-refractivity contribution in [1.82, 2.24) is 0 Å². The molecule has 1 saturated carbocycles. The number of hydrogen-bond acceptors (Lipinski definition) is 1. The van der Waals surface area contributed by atoms with Crippen LogP contribution in [0.1, 0.15) is 65.7 Å². The van der Waals surface area contributed by atoms with Gasteiger partial charge in [-0.25, -0.2) is 0 Å². The maximum absolute atomic E-state index is 9.86. The van der Waals surface area contributed by atoms with Gasteiger partial charge in [-0.3, -0.25) is 0 Å². The first-order chi connectivity index (χ1) is 6.50. The summed E-state index contributed by atoms with van der Waals surface area (Å²) in [6, 6.07) is 0. The Morgan fingerprint density at radius 3 is 2.29 bits per heavy atom. The third-order valence-corrected chi connectivity index (χ3v) is 3.56. The molecule has 1 unspecified atom stereocenters. The fourth-order valence-corrected chi connectivity index (χ4v) is 2.33. The molecule has 84 valence electrons. The van der Waals surface area contributed by atoms with Gasteiger partial charge in [0.2, 0.25) is 0 Å². The Morgan fingerprint density at radius 1 is 1.21 bits per heavy atom. The minimum absolute atomic E-state index is 0.0652. The average Bonchev–Trinajstić information content (AvgIpc) is 2.55. The fourth-order valence-electron chi connectivity index (χ4n) is 2.33. The molecule has 0 radical (unpaired) electrons. The van der Waals surface area contributed by atoms with Gasteiger partial charge in [0.1, 0.15) is 0 Å². The minimum atomic E-state index is -0.121. The summed E-state index contributed by atoms with van der Waals surface area (Å²) in [7, 11) is 0. The minimum Gasteiger partial charge on any atom is -0.393 e. The van der Waals surface area contributed by atoms with Crippen molar-refractivity contribution in [1.29, 1.82) is 0 Å². The van der Waals surface area contributed by atoms with Crippen molar-refractivity contribution >= 4 is 0 Å². The molecule has 0 heterocycles. The molecule has 0 aliphatic heterocycles. The molecule has 0 spiro atoms. The highest BCUT2D eigenvalue weighted by molar-refractivity contribution is 4.74. The van der Waals surface area contributed by atoms with Crippen LogP contribution < -0.4 is 0 Å². The lowest BCUT2D eigenvalue weighted by Gasteiger charge is -2.26. The lowest BCUT2D eigenvalue weighted by Crippen LogP contribution is -2.25. The van der Waals surface area contributed by atoms with Crippen LogP contribution in [-0.4, -0.2) is 11.2 Å². The maximum Gasteiger partial charge on any atom is 0.0588 e. The van der Waals surface area contributed by atoms with Crippen LogP contribution in [-0.2, 0) is 0 Å². The predicted molar refractivity (Wildman–Crippen MR) is 61.3 cm³/mol. The molecule has 1 heteroatoms. The lowest BCUT2D eigenvalue weighted by atomic mass is 9.85. The van der Waals surface area contributed by atoms with Crippen LogP contribution in [0.3, 0.4) is 0 Å². The molecule has 1 rings (SSSR count). The summed E-state index contributed by atoms with van der Waals surface area (Å²) in [5, 5.41) is 9.86. The molecule has 0 amide bonds. The molecular formula is C13H26O. The Kier molecular flexibility index (Phi) is 4.43. The van der Waals surface area contributed by atoms with Crippen LogP contribution in [0.2, 0.25) is 0 Å². The van der Waals surface area contributed by atoms with Gasteiger partial charge in [-0.15, -0.1) is 0 Å². The highest BCUT2D eigenvalue weighted by atomic mass is 16.3. The van der Waals surface area contributed by atoms with Crippen molar-refractivity contribution in [3.63, 3.8) is 0 Å². The quantitative estimate of drug-likeness (QED) is 0.729. The Bertz CT molecular complexity index is 151. The molecule has 1 atom stereocenters. The lowest BCUT2D eigenvalue weighted by molar-refractivity contribution is 0.0525. The van der Waals surface area contributed by atoms with Gasteiger partial charge in [0.25, 0.3) is 0 Å². The second-order valence-electron chi connectivity index (χ2n) is 5.96. The monoisotopic (exact) mass is 198 g/mol. The van der Waals surface area contributed by atoms with Crippen LogP contribution in [0.5, 0.6) is 0 Å². The molecule has 1 fully saturated rings. The molecule has 0 aromatic carbocycles. The molecule has 1 aliphatic rings. The first-order valence-corrected chi connectivity index (χ1v) is 6.18. The molecule has 0 saturated heterocycles. The Hall–Kier alpha value is -0.0400. The zero-order valence-electron chi connectivity index (χ0n) is 10.1. The molecule has 0 aromatic rings. The zero-order chi connectivity index (χ0) is 10.6. The summed E-state index contributed by atoms with van der Waals surface area (Å²) >= 11 is 0. The Labute approximate surface area is 88.9 Å². The van der Waals surface area contributed by atoms with E-state index in [1.807, 2.05) is 0 Å². The van der Waals surface area contributed by atoms with E-state index in [0.29, 0.717) is 0 Å². The van der Waals surface area contributed by atoms with E-state index in [0.717, 1.165) is 12.3 Å². The van der Waals surface area contributed by atoms with Gasteiger partial charge in [-0.2, -0.15) is 0 Å². The highest BCUT2D eigenvalue weighted by Gasteiger charge is 2.22. The number of aliphatic hydroxyl groups is 1. The molecule has 0 bridgehead atoms. The van der Waals surface area contributed by atoms with Gasteiger partial charge in [0.05, 0.1) is 6.10 Å². The molecular weight excluding hydrogens is 172 g/mol. The van der Waals surface area contributed by atoms with Crippen molar-refractivity contribution in [2.24, 2.45) is 11.3 Å². The second kappa shape index (κ2) is 5.16. The van der Waals surface area contributed by atoms with E-state index in [1.54, 1.807) is 0 Å². The van der Waals surface area contributed by atoms with Crippen LogP contribution in [0, 0.1) is 11.3 Å². The van der Waals surface area contributed by atoms with E-state index >= 15 is 0 Å². The summed E-state index contributed by atoms with van der Waals surface area (Å²) in [6.07, 6.45) is 9.16. The van der Waals surface area contributed by atoms with Crippen LogP contribution in [0.25, 0.3) is 0 Å². The van der Waals surface area contributed by atoms with Crippen LogP contribution in [0.15, 0.2) is 0 Å². The predicted octanol–water partition coefficient (Wildman–Crippen LogP) is 3.75. The summed E-state index contributed by atoms with van der Waals surface area (Å²) in [6.45, 7) is 6.35. The Morgan fingerprint density at radius 2 is 1.79 bits per heavy atom. The van der Waals surface area contributed by atoms with E-state index in [2.05, 4.69) is 20.8 Å². The third-order valence-electron chi connectivity index (χ3n) is 3.56. The SMILES string of the molecule is CC(C)(C)C(O)CCCC1CCCC1. The van der Waals surface area contributed by atoms with Crippen molar-refractivity contribution in [3.8, 4) is 0 Å². The normalized spacial score (nSPS) is 21.4. The van der Waals surface area contributed by atoms with E-state index in [1.165, 1.54) is 38.5 Å². The molecule has 14 heavy (non-hydrogen) atoms. The largest absolute Gasteiger partial charge is 0.393 e. The van der Waals surface area contributed by atoms with Crippen LogP contribution >= 0.6 is 0 Å². The summed E-state index contributed by atoms with van der Waals surface area (Å²) in [5.41, 5.74) is 0.0652. The first-order valence-electron chi connectivity index (χ1n) is 6.18. The smallest absolute Gasteiger partial charge is 0.0588 e. The number of rotatable bonds is 4. The number of aliphatic hydroxyl groups excluding tert-OH is 1. The van der Waals surface area contributed by atoms with Gasteiger partial charge in [0, 0.05) is 0 Å². The Balaban J connectivity index is 2.08. The zero-order valence-corrected chi connectivity index (χ0v) is 10.1. The highest BCUT2D eigenvalue weighted by Crippen LogP contribution is 2.30. The molecule has 1 nitrogen and oxygen atoms in total. The average molecular weight is 198 g/mol. The van der Waals surface area contributed by atoms with Crippen molar-refractivity contribution < 1.29 is 5.11 Å². The number of hydrogen-bond donors (Lipinski definition) is 1. The molecule has 1 N–H and O–H groups in total. The first kappa shape index (κ1) is 12.0. The summed E-state index contributed by atoms with van der Waals surface area (Å²) in [5.74, 6) is 0.974. The topological polar surface area (TPSA) is 20.2 Å². The van der Waals surface area contributed by atoms with Gasteiger partial charge < -0.3 is 5.11 Å². The molecule has 0 aromatic heterocycles. The summed E-state index contributed by atoms with van der Waals surface area (Å²) < 4.78 is 0. The van der Waals surface area contributed by atoms with Crippen molar-refractivity contribution in [3.05, 3.63) is 0 Å². The van der Waals surface area contributed by atoms with Gasteiger partial charge in [-0.05, 0) is 17.8 Å². The van der Waals surface area contributed by atoms with E-state index in [4.69, 9.17) is 0 Å². The maximum atomic E-state index is 9.86.